The molecule has 0 aliphatic rings. The summed E-state index contributed by atoms with van der Waals surface area (Å²) in [7, 11) is 0. The van der Waals surface area contributed by atoms with Crippen LogP contribution in [0.1, 0.15) is 10.4 Å². The molecule has 0 fully saturated rings. The lowest BCUT2D eigenvalue weighted by Crippen LogP contribution is -2.11. The number of carbonyl (C=O) groups is 1. The Morgan fingerprint density at radius 2 is 1.73 bits per heavy atom. The third kappa shape index (κ3) is 3.91. The number of anilines is 1. The Labute approximate surface area is 137 Å². The van der Waals surface area contributed by atoms with Gasteiger partial charge < -0.3 is 10.4 Å². The lowest BCUT2D eigenvalue weighted by molar-refractivity contribution is 0.102. The van der Waals surface area contributed by atoms with Gasteiger partial charge in [-0.25, -0.2) is 0 Å². The SMILES string of the molecule is O=C(Nc1cccc(N=C=S)c1)c1cc(N=C=S)ccc1O. The van der Waals surface area contributed by atoms with Crippen LogP contribution >= 0.6 is 24.4 Å². The molecule has 0 aromatic heterocycles. The molecule has 2 aromatic carbocycles. The minimum Gasteiger partial charge on any atom is -0.507 e. The largest absolute Gasteiger partial charge is 0.507 e. The minimum atomic E-state index is -0.484. The number of phenols is 1. The maximum absolute atomic E-state index is 12.2. The van der Waals surface area contributed by atoms with Crippen molar-refractivity contribution in [2.45, 2.75) is 0 Å². The predicted molar refractivity (Wildman–Crippen MR) is 91.9 cm³/mol. The number of nitrogens with zero attached hydrogens (tertiary/aromatic N) is 2. The van der Waals surface area contributed by atoms with Gasteiger partial charge in [-0.1, -0.05) is 6.07 Å². The molecule has 0 radical (unpaired) electrons. The van der Waals surface area contributed by atoms with Crippen molar-refractivity contribution < 1.29 is 9.90 Å². The molecule has 2 rings (SSSR count). The summed E-state index contributed by atoms with van der Waals surface area (Å²) in [4.78, 5) is 19.8. The summed E-state index contributed by atoms with van der Waals surface area (Å²) in [6, 6.07) is 11.1. The first-order chi connectivity index (χ1) is 10.6. The van der Waals surface area contributed by atoms with Crippen LogP contribution in [-0.4, -0.2) is 21.3 Å². The monoisotopic (exact) mass is 327 g/mol. The average Bonchev–Trinajstić information content (AvgIpc) is 2.50. The van der Waals surface area contributed by atoms with Gasteiger partial charge in [0, 0.05) is 5.69 Å². The van der Waals surface area contributed by atoms with Gasteiger partial charge >= 0.3 is 0 Å². The fourth-order valence-electron chi connectivity index (χ4n) is 1.73. The molecule has 5 nitrogen and oxygen atoms in total. The van der Waals surface area contributed by atoms with Crippen LogP contribution in [0.2, 0.25) is 0 Å². The molecule has 0 unspecified atom stereocenters. The molecule has 0 saturated carbocycles. The molecular formula is C15H9N3O2S2. The standard InChI is InChI=1S/C15H9N3O2S2/c19-14-5-4-11(17-9-22)7-13(14)15(20)18-12-3-1-2-10(6-12)16-8-21/h1-7,19H,(H,18,20). The first kappa shape index (κ1) is 15.7. The number of aliphatic imine (C=N–C) groups is 2. The minimum absolute atomic E-state index is 0.0789. The van der Waals surface area contributed by atoms with Crippen LogP contribution in [0.3, 0.4) is 0 Å². The molecule has 2 aromatic rings. The van der Waals surface area contributed by atoms with Crippen LogP contribution in [0.15, 0.2) is 52.4 Å². The summed E-state index contributed by atoms with van der Waals surface area (Å²) < 4.78 is 0. The van der Waals surface area contributed by atoms with Crippen molar-refractivity contribution in [1.29, 1.82) is 0 Å². The number of rotatable bonds is 4. The highest BCUT2D eigenvalue weighted by atomic mass is 32.1. The van der Waals surface area contributed by atoms with Gasteiger partial charge in [-0.3, -0.25) is 4.79 Å². The average molecular weight is 327 g/mol. The number of phenolic OH excluding ortho intramolecular Hbond substituents is 1. The zero-order chi connectivity index (χ0) is 15.9. The zero-order valence-electron chi connectivity index (χ0n) is 11.1. The van der Waals surface area contributed by atoms with Crippen molar-refractivity contribution in [3.63, 3.8) is 0 Å². The lowest BCUT2D eigenvalue weighted by atomic mass is 10.1. The maximum Gasteiger partial charge on any atom is 0.259 e. The summed E-state index contributed by atoms with van der Waals surface area (Å²) in [5.41, 5.74) is 1.59. The van der Waals surface area contributed by atoms with Crippen molar-refractivity contribution in [2.24, 2.45) is 9.98 Å². The number of thiocarbonyl (C=S) groups is 2. The smallest absolute Gasteiger partial charge is 0.259 e. The third-order valence-electron chi connectivity index (χ3n) is 2.68. The summed E-state index contributed by atoms with van der Waals surface area (Å²) in [5.74, 6) is -0.642. The lowest BCUT2D eigenvalue weighted by Gasteiger charge is -2.07. The van der Waals surface area contributed by atoms with E-state index in [-0.39, 0.29) is 11.3 Å². The number of aromatic hydroxyl groups is 1. The first-order valence-corrected chi connectivity index (χ1v) is 6.86. The second-order valence-electron chi connectivity index (χ2n) is 4.11. The van der Waals surface area contributed by atoms with Crippen molar-refractivity contribution in [3.8, 4) is 5.75 Å². The maximum atomic E-state index is 12.2. The first-order valence-electron chi connectivity index (χ1n) is 6.04. The van der Waals surface area contributed by atoms with Gasteiger partial charge in [0.15, 0.2) is 0 Å². The quantitative estimate of drug-likeness (QED) is 0.654. The van der Waals surface area contributed by atoms with E-state index in [1.807, 2.05) is 0 Å². The molecule has 0 saturated heterocycles. The van der Waals surface area contributed by atoms with E-state index >= 15 is 0 Å². The van der Waals surface area contributed by atoms with E-state index in [4.69, 9.17) is 0 Å². The number of carbonyl (C=O) groups excluding carboxylic acids is 1. The van der Waals surface area contributed by atoms with Crippen LogP contribution in [0.25, 0.3) is 0 Å². The van der Waals surface area contributed by atoms with E-state index in [1.165, 1.54) is 18.2 Å². The predicted octanol–water partition coefficient (Wildman–Crippen LogP) is 4.11. The summed E-state index contributed by atoms with van der Waals surface area (Å²) in [6.07, 6.45) is 0. The van der Waals surface area contributed by atoms with Crippen LogP contribution in [-0.2, 0) is 0 Å². The highest BCUT2D eigenvalue weighted by molar-refractivity contribution is 7.78. The Morgan fingerprint density at radius 3 is 2.41 bits per heavy atom. The second kappa shape index (κ2) is 7.36. The molecule has 0 aliphatic heterocycles. The number of amides is 1. The van der Waals surface area contributed by atoms with Crippen LogP contribution in [0, 0.1) is 0 Å². The molecule has 0 heterocycles. The van der Waals surface area contributed by atoms with E-state index in [2.05, 4.69) is 50.1 Å². The molecule has 108 valence electrons. The van der Waals surface area contributed by atoms with E-state index in [0.29, 0.717) is 17.1 Å². The van der Waals surface area contributed by atoms with Crippen molar-refractivity contribution >= 4 is 57.7 Å². The third-order valence-corrected chi connectivity index (χ3v) is 2.86. The zero-order valence-corrected chi connectivity index (χ0v) is 12.7. The molecule has 7 heteroatoms. The summed E-state index contributed by atoms with van der Waals surface area (Å²) >= 11 is 9.05. The molecule has 0 spiro atoms. The topological polar surface area (TPSA) is 74.0 Å². The highest BCUT2D eigenvalue weighted by Crippen LogP contribution is 2.25. The molecule has 0 aliphatic carbocycles. The molecule has 1 amide bonds. The van der Waals surface area contributed by atoms with Gasteiger partial charge in [-0.05, 0) is 60.8 Å². The number of hydrogen-bond donors (Lipinski definition) is 2. The van der Waals surface area contributed by atoms with Gasteiger partial charge in [0.1, 0.15) is 5.75 Å². The summed E-state index contributed by atoms with van der Waals surface area (Å²) in [5, 5.41) is 16.9. The molecule has 0 bridgehead atoms. The van der Waals surface area contributed by atoms with E-state index in [0.717, 1.165) is 0 Å². The van der Waals surface area contributed by atoms with E-state index < -0.39 is 5.91 Å². The van der Waals surface area contributed by atoms with Gasteiger partial charge in [-0.2, -0.15) is 9.98 Å². The molecule has 0 atom stereocenters. The second-order valence-corrected chi connectivity index (χ2v) is 4.48. The van der Waals surface area contributed by atoms with Crippen LogP contribution in [0.4, 0.5) is 17.1 Å². The Balaban J connectivity index is 2.29. The van der Waals surface area contributed by atoms with Crippen molar-refractivity contribution in [3.05, 3.63) is 48.0 Å². The Kier molecular flexibility index (Phi) is 5.25. The van der Waals surface area contributed by atoms with E-state index in [1.54, 1.807) is 24.3 Å². The molecule has 22 heavy (non-hydrogen) atoms. The van der Waals surface area contributed by atoms with Crippen LogP contribution < -0.4 is 5.32 Å². The number of nitrogens with one attached hydrogen (secondary N) is 1. The van der Waals surface area contributed by atoms with Gasteiger partial charge in [0.2, 0.25) is 0 Å². The molecule has 2 N–H and O–H groups in total. The van der Waals surface area contributed by atoms with Gasteiger partial charge in [0.25, 0.3) is 5.91 Å². The van der Waals surface area contributed by atoms with Crippen molar-refractivity contribution in [2.75, 3.05) is 5.32 Å². The molecular weight excluding hydrogens is 318 g/mol. The fourth-order valence-corrected chi connectivity index (χ4v) is 1.94. The van der Waals surface area contributed by atoms with Crippen LogP contribution in [0.5, 0.6) is 5.75 Å². The number of benzene rings is 2. The normalized spacial score (nSPS) is 9.27. The number of isothiocyanates is 2. The Hall–Kier alpha value is -2.69. The van der Waals surface area contributed by atoms with Gasteiger partial charge in [-0.15, -0.1) is 0 Å². The van der Waals surface area contributed by atoms with Gasteiger partial charge in [0.05, 0.1) is 27.3 Å². The van der Waals surface area contributed by atoms with E-state index in [9.17, 15) is 9.90 Å². The Bertz CT molecular complexity index is 823. The Morgan fingerprint density at radius 1 is 1.05 bits per heavy atom. The summed E-state index contributed by atoms with van der Waals surface area (Å²) in [6.45, 7) is 0. The van der Waals surface area contributed by atoms with Crippen molar-refractivity contribution in [1.82, 2.24) is 0 Å². The fraction of sp³-hybridized carbons (Fsp3) is 0. The highest BCUT2D eigenvalue weighted by Gasteiger charge is 2.12. The number of hydrogen-bond acceptors (Lipinski definition) is 6.